The first-order valence-corrected chi connectivity index (χ1v) is 6.75. The summed E-state index contributed by atoms with van der Waals surface area (Å²) in [5.41, 5.74) is -0.658. The zero-order chi connectivity index (χ0) is 15.9. The van der Waals surface area contributed by atoms with Crippen molar-refractivity contribution in [2.75, 3.05) is 5.32 Å². The molecule has 1 heterocycles. The quantitative estimate of drug-likeness (QED) is 0.803. The van der Waals surface area contributed by atoms with Crippen LogP contribution in [-0.2, 0) is 12.9 Å². The third-order valence-electron chi connectivity index (χ3n) is 3.47. The van der Waals surface area contributed by atoms with Crippen molar-refractivity contribution in [3.8, 4) is 16.9 Å². The second-order valence-corrected chi connectivity index (χ2v) is 5.21. The molecule has 2 aromatic rings. The Morgan fingerprint density at radius 2 is 2.00 bits per heavy atom. The van der Waals surface area contributed by atoms with Crippen LogP contribution in [0.4, 0.5) is 23.4 Å². The van der Waals surface area contributed by atoms with E-state index in [4.69, 9.17) is 4.42 Å². The van der Waals surface area contributed by atoms with Crippen molar-refractivity contribution in [1.82, 2.24) is 0 Å². The minimum absolute atomic E-state index is 0.0608. The molecule has 0 unspecified atom stereocenters. The van der Waals surface area contributed by atoms with Gasteiger partial charge in [0.25, 0.3) is 0 Å². The van der Waals surface area contributed by atoms with Gasteiger partial charge < -0.3 is 14.8 Å². The Bertz CT molecular complexity index is 689. The molecule has 1 aromatic heterocycles. The fourth-order valence-electron chi connectivity index (χ4n) is 2.19. The number of aromatic hydroxyl groups is 1. The molecule has 1 aliphatic rings. The van der Waals surface area contributed by atoms with Crippen LogP contribution in [0, 0.1) is 0 Å². The Hall–Kier alpha value is -2.18. The minimum atomic E-state index is -4.50. The van der Waals surface area contributed by atoms with Crippen LogP contribution < -0.4 is 5.32 Å². The molecule has 2 N–H and O–H groups in total. The van der Waals surface area contributed by atoms with Crippen molar-refractivity contribution in [1.29, 1.82) is 0 Å². The summed E-state index contributed by atoms with van der Waals surface area (Å²) < 4.78 is 56.5. The van der Waals surface area contributed by atoms with Crippen molar-refractivity contribution in [3.63, 3.8) is 0 Å². The van der Waals surface area contributed by atoms with Gasteiger partial charge in [-0.25, -0.2) is 4.39 Å². The first-order chi connectivity index (χ1) is 10.4. The molecular formula is C15H13F4NO2. The summed E-state index contributed by atoms with van der Waals surface area (Å²) in [5.74, 6) is -0.660. The average Bonchev–Trinajstić information content (AvgIpc) is 3.22. The highest BCUT2D eigenvalue weighted by Crippen LogP contribution is 2.44. The molecular weight excluding hydrogens is 302 g/mol. The fraction of sp³-hybridized carbons (Fsp3) is 0.333. The molecule has 7 heteroatoms. The van der Waals surface area contributed by atoms with Gasteiger partial charge >= 0.3 is 6.18 Å². The monoisotopic (exact) mass is 315 g/mol. The number of alkyl halides is 4. The van der Waals surface area contributed by atoms with Gasteiger partial charge in [0.1, 0.15) is 0 Å². The summed E-state index contributed by atoms with van der Waals surface area (Å²) in [6.07, 6.45) is -2.70. The van der Waals surface area contributed by atoms with E-state index in [9.17, 15) is 22.7 Å². The van der Waals surface area contributed by atoms with Crippen LogP contribution in [-0.4, -0.2) is 11.1 Å². The van der Waals surface area contributed by atoms with Crippen molar-refractivity contribution >= 4 is 5.88 Å². The Labute approximate surface area is 123 Å². The van der Waals surface area contributed by atoms with Crippen molar-refractivity contribution in [2.45, 2.75) is 31.7 Å². The molecule has 22 heavy (non-hydrogen) atoms. The van der Waals surface area contributed by atoms with Crippen LogP contribution in [0.5, 0.6) is 5.75 Å². The van der Waals surface area contributed by atoms with Crippen LogP contribution in [0.25, 0.3) is 11.1 Å². The summed E-state index contributed by atoms with van der Waals surface area (Å²) >= 11 is 0. The lowest BCUT2D eigenvalue weighted by molar-refractivity contribution is -0.137. The second-order valence-electron chi connectivity index (χ2n) is 5.21. The topological polar surface area (TPSA) is 45.4 Å². The third-order valence-corrected chi connectivity index (χ3v) is 3.47. The predicted octanol–water partition coefficient (Wildman–Crippen LogP) is 4.71. The van der Waals surface area contributed by atoms with Crippen LogP contribution >= 0.6 is 0 Å². The number of rotatable bonds is 4. The van der Waals surface area contributed by atoms with E-state index >= 15 is 0 Å². The molecule has 1 saturated carbocycles. The fourth-order valence-corrected chi connectivity index (χ4v) is 2.19. The molecule has 0 bridgehead atoms. The summed E-state index contributed by atoms with van der Waals surface area (Å²) in [7, 11) is 0. The maximum Gasteiger partial charge on any atom is 0.416 e. The number of hydrogen-bond donors (Lipinski definition) is 2. The van der Waals surface area contributed by atoms with E-state index in [-0.39, 0.29) is 28.8 Å². The van der Waals surface area contributed by atoms with Crippen LogP contribution in [0.1, 0.15) is 24.2 Å². The summed E-state index contributed by atoms with van der Waals surface area (Å²) in [4.78, 5) is 0. The molecule has 1 aliphatic carbocycles. The highest BCUT2D eigenvalue weighted by molar-refractivity contribution is 5.82. The molecule has 0 amide bonds. The number of halogens is 4. The highest BCUT2D eigenvalue weighted by atomic mass is 19.4. The molecule has 0 aliphatic heterocycles. The van der Waals surface area contributed by atoms with Crippen LogP contribution in [0.15, 0.2) is 28.7 Å². The minimum Gasteiger partial charge on any atom is -0.504 e. The van der Waals surface area contributed by atoms with Crippen LogP contribution in [0.2, 0.25) is 0 Å². The predicted molar refractivity (Wildman–Crippen MR) is 72.3 cm³/mol. The first-order valence-electron chi connectivity index (χ1n) is 6.75. The van der Waals surface area contributed by atoms with Gasteiger partial charge in [-0.1, -0.05) is 12.1 Å². The lowest BCUT2D eigenvalue weighted by Gasteiger charge is -2.09. The Kier molecular flexibility index (Phi) is 3.50. The lowest BCUT2D eigenvalue weighted by atomic mass is 10.0. The maximum absolute atomic E-state index is 12.9. The van der Waals surface area contributed by atoms with E-state index < -0.39 is 24.2 Å². The molecule has 0 radical (unpaired) electrons. The standard InChI is InChI=1S/C15H13F4NO2/c16-7-11-13(21)12(14(22-11)20-10-4-5-10)8-2-1-3-9(6-8)15(17,18)19/h1-3,6,10,20-21H,4-5,7H2. The third kappa shape index (κ3) is 2.75. The van der Waals surface area contributed by atoms with Crippen LogP contribution in [0.3, 0.4) is 0 Å². The molecule has 118 valence electrons. The van der Waals surface area contributed by atoms with Gasteiger partial charge in [-0.3, -0.25) is 0 Å². The molecule has 1 fully saturated rings. The largest absolute Gasteiger partial charge is 0.504 e. The number of furan rings is 1. The summed E-state index contributed by atoms with van der Waals surface area (Å²) in [6, 6.07) is 4.64. The molecule has 0 saturated heterocycles. The van der Waals surface area contributed by atoms with Gasteiger partial charge in [0, 0.05) is 6.04 Å². The van der Waals surface area contributed by atoms with Crippen molar-refractivity contribution < 1.29 is 27.1 Å². The van der Waals surface area contributed by atoms with Gasteiger partial charge in [-0.2, -0.15) is 13.2 Å². The Morgan fingerprint density at radius 1 is 1.27 bits per heavy atom. The van der Waals surface area contributed by atoms with Crippen molar-refractivity contribution in [2.24, 2.45) is 0 Å². The van der Waals surface area contributed by atoms with Gasteiger partial charge in [0.05, 0.1) is 11.1 Å². The number of nitrogens with one attached hydrogen (secondary N) is 1. The molecule has 3 nitrogen and oxygen atoms in total. The van der Waals surface area contributed by atoms with Gasteiger partial charge in [0.2, 0.25) is 5.88 Å². The molecule has 0 spiro atoms. The second kappa shape index (κ2) is 5.23. The van der Waals surface area contributed by atoms with Crippen molar-refractivity contribution in [3.05, 3.63) is 35.6 Å². The van der Waals surface area contributed by atoms with Gasteiger partial charge in [-0.05, 0) is 30.5 Å². The SMILES string of the molecule is Oc1c(CF)oc(NC2CC2)c1-c1cccc(C(F)(F)F)c1. The highest BCUT2D eigenvalue weighted by Gasteiger charge is 2.32. The van der Waals surface area contributed by atoms with E-state index in [0.717, 1.165) is 25.0 Å². The molecule has 1 aromatic carbocycles. The normalized spacial score (nSPS) is 15.1. The number of benzene rings is 1. The van der Waals surface area contributed by atoms with Gasteiger partial charge in [-0.15, -0.1) is 0 Å². The smallest absolute Gasteiger partial charge is 0.416 e. The molecule has 0 atom stereocenters. The summed E-state index contributed by atoms with van der Waals surface area (Å²) in [6.45, 7) is -1.04. The van der Waals surface area contributed by atoms with E-state index in [0.29, 0.717) is 0 Å². The average molecular weight is 315 g/mol. The van der Waals surface area contributed by atoms with E-state index in [1.54, 1.807) is 0 Å². The number of anilines is 1. The van der Waals surface area contributed by atoms with Gasteiger partial charge in [0.15, 0.2) is 18.2 Å². The first kappa shape index (κ1) is 14.7. The maximum atomic E-state index is 12.9. The zero-order valence-corrected chi connectivity index (χ0v) is 11.4. The van der Waals surface area contributed by atoms with E-state index in [1.165, 1.54) is 12.1 Å². The number of hydrogen-bond acceptors (Lipinski definition) is 3. The van der Waals surface area contributed by atoms with E-state index in [2.05, 4.69) is 5.32 Å². The Morgan fingerprint density at radius 3 is 2.59 bits per heavy atom. The van der Waals surface area contributed by atoms with E-state index in [1.807, 2.05) is 0 Å². The Balaban J connectivity index is 2.08. The molecule has 3 rings (SSSR count). The zero-order valence-electron chi connectivity index (χ0n) is 11.4. The lowest BCUT2D eigenvalue weighted by Crippen LogP contribution is -2.05. The summed E-state index contributed by atoms with van der Waals surface area (Å²) in [5, 5.41) is 13.0.